The van der Waals surface area contributed by atoms with Gasteiger partial charge in [0.1, 0.15) is 5.75 Å². The molecule has 0 unspecified atom stereocenters. The summed E-state index contributed by atoms with van der Waals surface area (Å²) in [5, 5.41) is 1.24. The fraction of sp³-hybridized carbons (Fsp3) is 0.481. The average molecular weight is 518 g/mol. The number of benzene rings is 2. The van der Waals surface area contributed by atoms with Gasteiger partial charge in [0, 0.05) is 38.7 Å². The number of fused-ring (bicyclic) bond motifs is 1. The van der Waals surface area contributed by atoms with Gasteiger partial charge >= 0.3 is 5.97 Å². The molecule has 2 aromatic rings. The van der Waals surface area contributed by atoms with Crippen LogP contribution in [0.25, 0.3) is 0 Å². The first-order valence-electron chi connectivity index (χ1n) is 12.4. The average Bonchev–Trinajstić information content (AvgIpc) is 2.85. The maximum Gasteiger partial charge on any atom is 0.314 e. The van der Waals surface area contributed by atoms with Gasteiger partial charge in [0.2, 0.25) is 0 Å². The number of hydrogen-bond donors (Lipinski definition) is 0. The summed E-state index contributed by atoms with van der Waals surface area (Å²) in [5.41, 5.74) is 3.00. The third kappa shape index (κ3) is 6.90. The van der Waals surface area contributed by atoms with Crippen LogP contribution in [-0.2, 0) is 16.0 Å². The van der Waals surface area contributed by atoms with E-state index in [1.54, 1.807) is 0 Å². The van der Waals surface area contributed by atoms with Crippen LogP contribution < -0.4 is 9.64 Å². The second-order valence-corrected chi connectivity index (χ2v) is 10.1. The van der Waals surface area contributed by atoms with Crippen molar-refractivity contribution in [1.82, 2.24) is 4.90 Å². The molecular weight excluding hydrogens is 485 g/mol. The highest BCUT2D eigenvalue weighted by Gasteiger charge is 2.20. The molecule has 1 saturated heterocycles. The Hall–Kier alpha value is -2.28. The number of aryl methyl sites for hydroxylation is 1. The number of rotatable bonds is 8. The Balaban J connectivity index is 1.18. The number of hydrogen-bond acceptors (Lipinski definition) is 6. The van der Waals surface area contributed by atoms with E-state index in [1.807, 2.05) is 44.2 Å². The van der Waals surface area contributed by atoms with Crippen LogP contribution in [0.1, 0.15) is 38.7 Å². The second kappa shape index (κ2) is 12.1. The molecule has 1 fully saturated rings. The lowest BCUT2D eigenvalue weighted by molar-refractivity contribution is -0.139. The Labute approximate surface area is 217 Å². The van der Waals surface area contributed by atoms with E-state index in [-0.39, 0.29) is 11.9 Å². The van der Waals surface area contributed by atoms with E-state index >= 15 is 0 Å². The van der Waals surface area contributed by atoms with Crippen molar-refractivity contribution in [3.05, 3.63) is 52.0 Å². The zero-order valence-corrected chi connectivity index (χ0v) is 21.9. The van der Waals surface area contributed by atoms with Gasteiger partial charge in [-0.25, -0.2) is 4.99 Å². The van der Waals surface area contributed by atoms with Gasteiger partial charge in [0.05, 0.1) is 33.9 Å². The maximum atomic E-state index is 11.9. The highest BCUT2D eigenvalue weighted by molar-refractivity contribution is 6.43. The van der Waals surface area contributed by atoms with E-state index in [9.17, 15) is 4.79 Å². The number of halogens is 2. The summed E-state index contributed by atoms with van der Waals surface area (Å²) >= 11 is 12.6. The predicted molar refractivity (Wildman–Crippen MR) is 143 cm³/mol. The highest BCUT2D eigenvalue weighted by Crippen LogP contribution is 2.33. The molecule has 0 saturated carbocycles. The minimum Gasteiger partial charge on any atom is -0.494 e. The van der Waals surface area contributed by atoms with Gasteiger partial charge in [0.25, 0.3) is 0 Å². The summed E-state index contributed by atoms with van der Waals surface area (Å²) in [5.74, 6) is 0.885. The topological polar surface area (TPSA) is 54.4 Å². The van der Waals surface area contributed by atoms with Gasteiger partial charge in [-0.3, -0.25) is 9.69 Å². The number of nitrogens with zero attached hydrogens (tertiary/aromatic N) is 3. The molecule has 35 heavy (non-hydrogen) atoms. The molecular formula is C27H33Cl2N3O3. The van der Waals surface area contributed by atoms with Crippen LogP contribution in [0.2, 0.25) is 10.0 Å². The Bertz CT molecular complexity index is 1070. The number of unbranched alkanes of at least 4 members (excludes halogenated alkanes) is 1. The van der Waals surface area contributed by atoms with Crippen molar-refractivity contribution in [3.63, 3.8) is 0 Å². The molecule has 0 bridgehead atoms. The molecule has 2 aliphatic heterocycles. The summed E-state index contributed by atoms with van der Waals surface area (Å²) in [7, 11) is 0. The van der Waals surface area contributed by atoms with Gasteiger partial charge in [0.15, 0.2) is 5.90 Å². The van der Waals surface area contributed by atoms with Crippen molar-refractivity contribution >= 4 is 46.4 Å². The summed E-state index contributed by atoms with van der Waals surface area (Å²) in [6.07, 6.45) is 3.52. The number of carbonyl (C=O) groups excluding carboxylic acids is 1. The molecule has 2 aliphatic rings. The van der Waals surface area contributed by atoms with E-state index in [2.05, 4.69) is 20.9 Å². The van der Waals surface area contributed by atoms with Crippen molar-refractivity contribution in [3.8, 4) is 5.75 Å². The van der Waals surface area contributed by atoms with E-state index < -0.39 is 0 Å². The lowest BCUT2D eigenvalue weighted by Crippen LogP contribution is -2.46. The Morgan fingerprint density at radius 1 is 1.06 bits per heavy atom. The Kier molecular flexibility index (Phi) is 8.93. The lowest BCUT2D eigenvalue weighted by atomic mass is 10.0. The summed E-state index contributed by atoms with van der Waals surface area (Å²) in [6.45, 7) is 9.27. The molecule has 2 aromatic carbocycles. The van der Waals surface area contributed by atoms with E-state index in [4.69, 9.17) is 32.7 Å². The molecule has 0 atom stereocenters. The largest absolute Gasteiger partial charge is 0.494 e. The maximum absolute atomic E-state index is 11.9. The molecule has 0 N–H and O–H groups in total. The summed E-state index contributed by atoms with van der Waals surface area (Å²) in [6, 6.07) is 11.8. The number of piperazine rings is 1. The van der Waals surface area contributed by atoms with Crippen LogP contribution in [0.3, 0.4) is 0 Å². The normalized spacial score (nSPS) is 16.1. The van der Waals surface area contributed by atoms with Crippen molar-refractivity contribution < 1.29 is 14.3 Å². The van der Waals surface area contributed by atoms with Gasteiger partial charge in [-0.05, 0) is 49.6 Å². The van der Waals surface area contributed by atoms with Crippen LogP contribution in [0.5, 0.6) is 5.75 Å². The smallest absolute Gasteiger partial charge is 0.314 e. The van der Waals surface area contributed by atoms with Crippen molar-refractivity contribution in [1.29, 1.82) is 0 Å². The fourth-order valence-electron chi connectivity index (χ4n) is 4.27. The van der Waals surface area contributed by atoms with Crippen LogP contribution >= 0.6 is 23.2 Å². The number of aliphatic imine (C=N–C) groups is 1. The highest BCUT2D eigenvalue weighted by atomic mass is 35.5. The standard InChI is InChI=1S/C27H33Cl2N3O3/c1-19(2)27(33)35-25-11-9-20-8-10-21(18-23(20)30-25)34-17-4-3-12-31-13-15-32(16-14-31)24-7-5-6-22(28)26(24)29/h5-8,10,18-19H,3-4,9,11-17H2,1-2H3. The molecule has 0 aliphatic carbocycles. The molecule has 8 heteroatoms. The molecule has 2 heterocycles. The van der Waals surface area contributed by atoms with Crippen molar-refractivity contribution in [2.75, 3.05) is 44.2 Å². The van der Waals surface area contributed by atoms with Gasteiger partial charge < -0.3 is 14.4 Å². The molecule has 0 radical (unpaired) electrons. The van der Waals surface area contributed by atoms with E-state index in [0.717, 1.165) is 74.7 Å². The Morgan fingerprint density at radius 2 is 1.86 bits per heavy atom. The number of anilines is 1. The molecule has 6 nitrogen and oxygen atoms in total. The zero-order valence-electron chi connectivity index (χ0n) is 20.4. The zero-order chi connectivity index (χ0) is 24.8. The van der Waals surface area contributed by atoms with Crippen LogP contribution in [0, 0.1) is 5.92 Å². The molecule has 4 rings (SSSR count). The van der Waals surface area contributed by atoms with Crippen molar-refractivity contribution in [2.45, 2.75) is 39.5 Å². The van der Waals surface area contributed by atoms with Crippen LogP contribution in [-0.4, -0.2) is 56.1 Å². The summed E-state index contributed by atoms with van der Waals surface area (Å²) < 4.78 is 11.4. The summed E-state index contributed by atoms with van der Waals surface area (Å²) in [4.78, 5) is 21.2. The number of carbonyl (C=O) groups is 1. The third-order valence-electron chi connectivity index (χ3n) is 6.38. The molecule has 0 spiro atoms. The molecule has 188 valence electrons. The predicted octanol–water partition coefficient (Wildman–Crippen LogP) is 6.15. The van der Waals surface area contributed by atoms with Crippen molar-refractivity contribution in [2.24, 2.45) is 10.9 Å². The van der Waals surface area contributed by atoms with Gasteiger partial charge in [-0.15, -0.1) is 0 Å². The lowest BCUT2D eigenvalue weighted by Gasteiger charge is -2.36. The number of esters is 1. The molecule has 0 aromatic heterocycles. The fourth-order valence-corrected chi connectivity index (χ4v) is 4.68. The first kappa shape index (κ1) is 25.8. The first-order valence-corrected chi connectivity index (χ1v) is 13.1. The minimum atomic E-state index is -0.241. The van der Waals surface area contributed by atoms with Gasteiger partial charge in [-0.1, -0.05) is 49.2 Å². The SMILES string of the molecule is CC(C)C(=O)OC1=Nc2cc(OCCCCN3CCN(c4cccc(Cl)c4Cl)CC3)ccc2CC1. The van der Waals surface area contributed by atoms with E-state index in [0.29, 0.717) is 29.0 Å². The minimum absolute atomic E-state index is 0.168. The van der Waals surface area contributed by atoms with Crippen LogP contribution in [0.4, 0.5) is 11.4 Å². The van der Waals surface area contributed by atoms with Gasteiger partial charge in [-0.2, -0.15) is 0 Å². The third-order valence-corrected chi connectivity index (χ3v) is 7.19. The monoisotopic (exact) mass is 517 g/mol. The first-order chi connectivity index (χ1) is 16.9. The number of ether oxygens (including phenoxy) is 2. The quantitative estimate of drug-likeness (QED) is 0.310. The molecule has 0 amide bonds. The van der Waals surface area contributed by atoms with E-state index in [1.165, 1.54) is 0 Å². The Morgan fingerprint density at radius 3 is 2.63 bits per heavy atom. The second-order valence-electron chi connectivity index (χ2n) is 9.33. The van der Waals surface area contributed by atoms with Crippen LogP contribution in [0.15, 0.2) is 41.4 Å².